The first-order valence-electron chi connectivity index (χ1n) is 18.5. The Labute approximate surface area is 314 Å². The van der Waals surface area contributed by atoms with E-state index < -0.39 is 0 Å². The molecule has 0 saturated carbocycles. The summed E-state index contributed by atoms with van der Waals surface area (Å²) in [5, 5.41) is 7.54. The smallest absolute Gasteiger partial charge is 0.136 e. The lowest BCUT2D eigenvalue weighted by Crippen LogP contribution is -2.08. The third kappa shape index (κ3) is 5.67. The third-order valence-corrected chi connectivity index (χ3v) is 10.7. The first-order chi connectivity index (χ1) is 26.8. The van der Waals surface area contributed by atoms with E-state index in [1.54, 1.807) is 6.20 Å². The molecule has 1 unspecified atom stereocenters. The third-order valence-electron chi connectivity index (χ3n) is 10.7. The molecule has 1 aliphatic carbocycles. The average molecular weight is 690 g/mol. The Kier molecular flexibility index (Phi) is 7.96. The largest absolute Gasteiger partial charge is 0.264 e. The summed E-state index contributed by atoms with van der Waals surface area (Å²) in [6, 6.07) is 58.4. The highest BCUT2D eigenvalue weighted by Gasteiger charge is 2.24. The minimum Gasteiger partial charge on any atom is -0.264 e. The zero-order valence-electron chi connectivity index (χ0n) is 29.6. The zero-order chi connectivity index (χ0) is 35.8. The number of allylic oxidation sites excluding steroid dienone is 4. The minimum absolute atomic E-state index is 0.00246. The molecule has 3 heteroatoms. The number of pyridine rings is 1. The van der Waals surface area contributed by atoms with Crippen LogP contribution in [0.2, 0.25) is 0 Å². The number of fused-ring (bicyclic) bond motifs is 3. The van der Waals surface area contributed by atoms with Crippen LogP contribution in [-0.2, 0) is 0 Å². The predicted molar refractivity (Wildman–Crippen MR) is 225 cm³/mol. The maximum absolute atomic E-state index is 5.29. The standard InChI is InChI=1S/C51H35N3/c1-2-14-36(15-3-1)47-32-48(37-28-26-34(27-29-37)40-19-12-30-52-33-40)54-51(53-47)39-18-10-17-38(31-39)49-43-21-6-8-23-45(43)50(46-24-9-7-22-44(46)49)42-25-11-16-35-13-4-5-20-41(35)42/h1-30,32-33,39H,31H2. The first kappa shape index (κ1) is 31.7. The van der Waals surface area contributed by atoms with Crippen LogP contribution >= 0.6 is 0 Å². The number of rotatable bonds is 6. The summed E-state index contributed by atoms with van der Waals surface area (Å²) in [4.78, 5) is 14.9. The van der Waals surface area contributed by atoms with Crippen LogP contribution in [0.4, 0.5) is 0 Å². The van der Waals surface area contributed by atoms with Crippen LogP contribution in [0.15, 0.2) is 194 Å². The molecule has 9 aromatic rings. The fourth-order valence-electron chi connectivity index (χ4n) is 8.15. The van der Waals surface area contributed by atoms with Crippen molar-refractivity contribution in [2.45, 2.75) is 12.3 Å². The molecule has 1 aliphatic rings. The van der Waals surface area contributed by atoms with E-state index >= 15 is 0 Å². The highest BCUT2D eigenvalue weighted by Crippen LogP contribution is 2.46. The number of hydrogen-bond acceptors (Lipinski definition) is 3. The van der Waals surface area contributed by atoms with Gasteiger partial charge in [-0.3, -0.25) is 4.98 Å². The Morgan fingerprint density at radius 2 is 1.04 bits per heavy atom. The summed E-state index contributed by atoms with van der Waals surface area (Å²) in [6.45, 7) is 0. The Bertz CT molecular complexity index is 2830. The van der Waals surface area contributed by atoms with Gasteiger partial charge in [0, 0.05) is 29.4 Å². The minimum atomic E-state index is -0.00246. The average Bonchev–Trinajstić information content (AvgIpc) is 3.26. The molecule has 3 nitrogen and oxygen atoms in total. The maximum Gasteiger partial charge on any atom is 0.136 e. The van der Waals surface area contributed by atoms with Crippen LogP contribution in [0.5, 0.6) is 0 Å². The van der Waals surface area contributed by atoms with Gasteiger partial charge in [0.2, 0.25) is 0 Å². The van der Waals surface area contributed by atoms with E-state index in [1.807, 2.05) is 18.3 Å². The Balaban J connectivity index is 1.09. The molecule has 2 heterocycles. The normalized spacial score (nSPS) is 14.1. The zero-order valence-corrected chi connectivity index (χ0v) is 29.6. The van der Waals surface area contributed by atoms with Gasteiger partial charge in [0.15, 0.2) is 0 Å². The Morgan fingerprint density at radius 1 is 0.463 bits per heavy atom. The van der Waals surface area contributed by atoms with Gasteiger partial charge in [-0.25, -0.2) is 9.97 Å². The summed E-state index contributed by atoms with van der Waals surface area (Å²) >= 11 is 0. The van der Waals surface area contributed by atoms with E-state index in [4.69, 9.17) is 9.97 Å². The maximum atomic E-state index is 5.29. The molecule has 0 N–H and O–H groups in total. The molecule has 2 aromatic heterocycles. The van der Waals surface area contributed by atoms with Crippen molar-refractivity contribution in [1.82, 2.24) is 15.0 Å². The van der Waals surface area contributed by atoms with Gasteiger partial charge < -0.3 is 0 Å². The second-order valence-corrected chi connectivity index (χ2v) is 13.9. The fraction of sp³-hybridized carbons (Fsp3) is 0.0392. The van der Waals surface area contributed by atoms with Gasteiger partial charge in [-0.1, -0.05) is 170 Å². The van der Waals surface area contributed by atoms with Gasteiger partial charge in [0.25, 0.3) is 0 Å². The van der Waals surface area contributed by atoms with Gasteiger partial charge in [-0.2, -0.15) is 0 Å². The van der Waals surface area contributed by atoms with Crippen molar-refractivity contribution < 1.29 is 0 Å². The Hall–Kier alpha value is -6.97. The molecule has 0 aliphatic heterocycles. The first-order valence-corrected chi connectivity index (χ1v) is 18.5. The molecule has 0 amide bonds. The predicted octanol–water partition coefficient (Wildman–Crippen LogP) is 13.1. The van der Waals surface area contributed by atoms with E-state index in [2.05, 4.69) is 175 Å². The molecule has 54 heavy (non-hydrogen) atoms. The molecule has 10 rings (SSSR count). The highest BCUT2D eigenvalue weighted by molar-refractivity contribution is 6.21. The number of aromatic nitrogens is 3. The van der Waals surface area contributed by atoms with Crippen molar-refractivity contribution in [3.05, 3.63) is 206 Å². The molecule has 7 aromatic carbocycles. The van der Waals surface area contributed by atoms with Crippen molar-refractivity contribution >= 4 is 37.9 Å². The van der Waals surface area contributed by atoms with Crippen LogP contribution in [-0.4, -0.2) is 15.0 Å². The molecule has 0 saturated heterocycles. The van der Waals surface area contributed by atoms with Crippen LogP contribution in [0, 0.1) is 0 Å². The molecule has 1 atom stereocenters. The van der Waals surface area contributed by atoms with Gasteiger partial charge in [0.1, 0.15) is 5.82 Å². The Morgan fingerprint density at radius 3 is 1.72 bits per heavy atom. The van der Waals surface area contributed by atoms with Gasteiger partial charge in [0.05, 0.1) is 11.4 Å². The van der Waals surface area contributed by atoms with Crippen molar-refractivity contribution in [2.75, 3.05) is 0 Å². The number of benzene rings is 7. The molecule has 0 fully saturated rings. The number of nitrogens with zero attached hydrogens (tertiary/aromatic N) is 3. The summed E-state index contributed by atoms with van der Waals surface area (Å²) in [6.07, 6.45) is 11.2. The van der Waals surface area contributed by atoms with Crippen LogP contribution in [0.3, 0.4) is 0 Å². The van der Waals surface area contributed by atoms with E-state index in [-0.39, 0.29) is 5.92 Å². The van der Waals surface area contributed by atoms with Gasteiger partial charge in [-0.05, 0) is 84.3 Å². The van der Waals surface area contributed by atoms with Gasteiger partial charge in [-0.15, -0.1) is 0 Å². The molecule has 0 radical (unpaired) electrons. The molecule has 0 spiro atoms. The van der Waals surface area contributed by atoms with Crippen molar-refractivity contribution in [3.8, 4) is 44.8 Å². The molecule has 254 valence electrons. The fourth-order valence-corrected chi connectivity index (χ4v) is 8.15. The summed E-state index contributed by atoms with van der Waals surface area (Å²) < 4.78 is 0. The van der Waals surface area contributed by atoms with E-state index in [1.165, 1.54) is 54.6 Å². The van der Waals surface area contributed by atoms with Crippen LogP contribution in [0.1, 0.15) is 23.7 Å². The van der Waals surface area contributed by atoms with Crippen LogP contribution in [0.25, 0.3) is 82.7 Å². The topological polar surface area (TPSA) is 38.7 Å². The highest BCUT2D eigenvalue weighted by atomic mass is 14.9. The lowest BCUT2D eigenvalue weighted by Gasteiger charge is -2.23. The number of hydrogen-bond donors (Lipinski definition) is 0. The summed E-state index contributed by atoms with van der Waals surface area (Å²) in [7, 11) is 0. The lowest BCUT2D eigenvalue weighted by molar-refractivity contribution is 0.786. The van der Waals surface area contributed by atoms with Crippen LogP contribution < -0.4 is 0 Å². The SMILES string of the molecule is C1=CC(c2nc(-c3ccccc3)cc(-c3ccc(-c4cccnc4)cc3)n2)CC(c2c3ccccc3c(-c3cccc4ccccc34)c3ccccc23)=C1. The molecular weight excluding hydrogens is 655 g/mol. The van der Waals surface area contributed by atoms with E-state index in [0.717, 1.165) is 45.9 Å². The van der Waals surface area contributed by atoms with Crippen molar-refractivity contribution in [2.24, 2.45) is 0 Å². The molecule has 0 bridgehead atoms. The van der Waals surface area contributed by atoms with Gasteiger partial charge >= 0.3 is 0 Å². The van der Waals surface area contributed by atoms with E-state index in [9.17, 15) is 0 Å². The lowest BCUT2D eigenvalue weighted by atomic mass is 9.81. The summed E-state index contributed by atoms with van der Waals surface area (Å²) in [5.74, 6) is 0.822. The second kappa shape index (κ2) is 13.5. The van der Waals surface area contributed by atoms with Crippen molar-refractivity contribution in [1.29, 1.82) is 0 Å². The van der Waals surface area contributed by atoms with Crippen molar-refractivity contribution in [3.63, 3.8) is 0 Å². The summed E-state index contributed by atoms with van der Waals surface area (Å²) in [5.41, 5.74) is 11.3. The quantitative estimate of drug-likeness (QED) is 0.163. The molecular formula is C51H35N3. The second-order valence-electron chi connectivity index (χ2n) is 13.9. The monoisotopic (exact) mass is 689 g/mol. The van der Waals surface area contributed by atoms with E-state index in [0.29, 0.717) is 0 Å².